The summed E-state index contributed by atoms with van der Waals surface area (Å²) in [6, 6.07) is 65.7. The fraction of sp³-hybridized carbons (Fsp3) is 0.0192. The molecule has 9 aromatic rings. The number of fused-ring (bicyclic) bond motifs is 4. The van der Waals surface area contributed by atoms with Crippen LogP contribution in [0.15, 0.2) is 182 Å². The number of para-hydroxylation sites is 2. The SMILES string of the molecule is N#Cc1ccc(-c2cccc3c4cccc(-c5ccc(C#N)cc5)c4n(-c4cccc5c4CN(c4ccc(-c6ccccc6)cc4-c4ccccc4)C5=O)c23)cc1. The normalized spacial score (nSPS) is 12.1. The standard InChI is InChI=1S/C52H32N4O/c53-31-34-20-24-38(25-21-34)41-14-7-16-43-44-17-8-15-42(39-26-22-35(32-54)23-27-39)51(44)56(50(41)43)49-19-9-18-45-47(49)33-55(52(45)57)48-29-28-40(36-10-3-1-4-11-36)30-46(48)37-12-5-2-6-13-37/h1-30H,33H2. The third-order valence-electron chi connectivity index (χ3n) is 11.1. The predicted octanol–water partition coefficient (Wildman–Crippen LogP) is 12.4. The first-order chi connectivity index (χ1) is 28.1. The molecule has 2 heterocycles. The van der Waals surface area contributed by atoms with Gasteiger partial charge in [-0.1, -0.05) is 133 Å². The summed E-state index contributed by atoms with van der Waals surface area (Å²) >= 11 is 0. The molecule has 1 aliphatic heterocycles. The highest BCUT2D eigenvalue weighted by molar-refractivity contribution is 6.18. The van der Waals surface area contributed by atoms with Crippen LogP contribution in [0.4, 0.5) is 5.69 Å². The summed E-state index contributed by atoms with van der Waals surface area (Å²) in [5.41, 5.74) is 14.8. The fourth-order valence-electron chi connectivity index (χ4n) is 8.42. The zero-order chi connectivity index (χ0) is 38.5. The zero-order valence-electron chi connectivity index (χ0n) is 30.7. The van der Waals surface area contributed by atoms with Crippen LogP contribution in [0.25, 0.3) is 72.0 Å². The topological polar surface area (TPSA) is 72.8 Å². The van der Waals surface area contributed by atoms with Crippen molar-refractivity contribution in [3.8, 4) is 62.3 Å². The number of rotatable bonds is 6. The molecule has 5 nitrogen and oxygen atoms in total. The summed E-state index contributed by atoms with van der Waals surface area (Å²) in [4.78, 5) is 16.7. The Labute approximate surface area is 330 Å². The van der Waals surface area contributed by atoms with Gasteiger partial charge in [0.15, 0.2) is 0 Å². The number of benzene rings is 8. The van der Waals surface area contributed by atoms with Crippen LogP contribution in [0.1, 0.15) is 27.0 Å². The van der Waals surface area contributed by atoms with Crippen LogP contribution in [0.2, 0.25) is 0 Å². The maximum atomic E-state index is 14.7. The summed E-state index contributed by atoms with van der Waals surface area (Å²) in [5.74, 6) is -0.0445. The van der Waals surface area contributed by atoms with Gasteiger partial charge >= 0.3 is 0 Å². The molecule has 1 aliphatic rings. The van der Waals surface area contributed by atoms with Gasteiger partial charge in [-0.15, -0.1) is 0 Å². The largest absolute Gasteiger partial charge is 0.308 e. The third-order valence-corrected chi connectivity index (χ3v) is 11.1. The maximum Gasteiger partial charge on any atom is 0.259 e. The van der Waals surface area contributed by atoms with Gasteiger partial charge in [0.1, 0.15) is 0 Å². The van der Waals surface area contributed by atoms with Crippen molar-refractivity contribution in [2.45, 2.75) is 6.54 Å². The number of anilines is 1. The van der Waals surface area contributed by atoms with Crippen molar-refractivity contribution in [1.82, 2.24) is 4.57 Å². The lowest BCUT2D eigenvalue weighted by Gasteiger charge is -2.22. The van der Waals surface area contributed by atoms with Gasteiger partial charge in [0.2, 0.25) is 0 Å². The summed E-state index contributed by atoms with van der Waals surface area (Å²) in [6.45, 7) is 0.383. The number of nitrogens with zero attached hydrogens (tertiary/aromatic N) is 4. The molecule has 0 N–H and O–H groups in total. The number of carbonyl (C=O) groups excluding carboxylic acids is 1. The van der Waals surface area contributed by atoms with Crippen molar-refractivity contribution >= 4 is 33.4 Å². The van der Waals surface area contributed by atoms with Gasteiger partial charge < -0.3 is 9.47 Å². The Balaban J connectivity index is 1.21. The van der Waals surface area contributed by atoms with E-state index in [0.717, 1.165) is 83.3 Å². The molecule has 57 heavy (non-hydrogen) atoms. The first-order valence-corrected chi connectivity index (χ1v) is 18.9. The highest BCUT2D eigenvalue weighted by atomic mass is 16.2. The number of nitriles is 2. The summed E-state index contributed by atoms with van der Waals surface area (Å²) in [6.07, 6.45) is 0. The average Bonchev–Trinajstić information content (AvgIpc) is 3.81. The molecule has 8 aromatic carbocycles. The van der Waals surface area contributed by atoms with Crippen LogP contribution in [0.3, 0.4) is 0 Å². The second-order valence-corrected chi connectivity index (χ2v) is 14.3. The highest BCUT2D eigenvalue weighted by Gasteiger charge is 2.33. The minimum absolute atomic E-state index is 0.0445. The van der Waals surface area contributed by atoms with E-state index in [-0.39, 0.29) is 5.91 Å². The van der Waals surface area contributed by atoms with Gasteiger partial charge in [-0.25, -0.2) is 0 Å². The average molecular weight is 729 g/mol. The molecule has 0 bridgehead atoms. The molecule has 0 saturated carbocycles. The van der Waals surface area contributed by atoms with Gasteiger partial charge in [-0.05, 0) is 76.3 Å². The van der Waals surface area contributed by atoms with E-state index in [1.165, 1.54) is 0 Å². The summed E-state index contributed by atoms with van der Waals surface area (Å²) < 4.78 is 2.33. The molecule has 0 spiro atoms. The monoisotopic (exact) mass is 728 g/mol. The molecule has 0 unspecified atom stereocenters. The minimum Gasteiger partial charge on any atom is -0.308 e. The Kier molecular flexibility index (Phi) is 8.07. The smallest absolute Gasteiger partial charge is 0.259 e. The maximum absolute atomic E-state index is 14.7. The Bertz CT molecular complexity index is 3000. The number of amides is 1. The Hall–Kier alpha value is -7.99. The lowest BCUT2D eigenvalue weighted by molar-refractivity contribution is 0.0996. The number of aromatic nitrogens is 1. The van der Waals surface area contributed by atoms with Crippen molar-refractivity contribution in [3.63, 3.8) is 0 Å². The molecule has 0 radical (unpaired) electrons. The molecule has 10 rings (SSSR count). The quantitative estimate of drug-likeness (QED) is 0.171. The second-order valence-electron chi connectivity index (χ2n) is 14.3. The Morgan fingerprint density at radius 2 is 0.912 bits per heavy atom. The molecular formula is C52H32N4O. The fourth-order valence-corrected chi connectivity index (χ4v) is 8.42. The molecule has 0 saturated heterocycles. The summed E-state index contributed by atoms with van der Waals surface area (Å²) in [5, 5.41) is 21.3. The van der Waals surface area contributed by atoms with E-state index < -0.39 is 0 Å². The number of carbonyl (C=O) groups is 1. The molecule has 1 amide bonds. The molecule has 5 heteroatoms. The van der Waals surface area contributed by atoms with Crippen LogP contribution in [-0.4, -0.2) is 10.5 Å². The van der Waals surface area contributed by atoms with Crippen LogP contribution in [0, 0.1) is 22.7 Å². The Morgan fingerprint density at radius 3 is 1.47 bits per heavy atom. The molecule has 0 aliphatic carbocycles. The highest BCUT2D eigenvalue weighted by Crippen LogP contribution is 2.45. The van der Waals surface area contributed by atoms with Crippen molar-refractivity contribution in [2.24, 2.45) is 0 Å². The number of hydrogen-bond donors (Lipinski definition) is 0. The van der Waals surface area contributed by atoms with E-state index in [9.17, 15) is 15.3 Å². The van der Waals surface area contributed by atoms with Crippen molar-refractivity contribution in [2.75, 3.05) is 4.90 Å². The number of hydrogen-bond acceptors (Lipinski definition) is 3. The van der Waals surface area contributed by atoms with Gasteiger partial charge in [-0.3, -0.25) is 4.79 Å². The van der Waals surface area contributed by atoms with Gasteiger partial charge in [0.25, 0.3) is 5.91 Å². The molecule has 1 aromatic heterocycles. The molecule has 0 atom stereocenters. The van der Waals surface area contributed by atoms with Crippen LogP contribution < -0.4 is 4.90 Å². The first-order valence-electron chi connectivity index (χ1n) is 18.9. The van der Waals surface area contributed by atoms with E-state index in [4.69, 9.17) is 0 Å². The first kappa shape index (κ1) is 33.6. The van der Waals surface area contributed by atoms with E-state index in [0.29, 0.717) is 23.2 Å². The predicted molar refractivity (Wildman–Crippen MR) is 229 cm³/mol. The van der Waals surface area contributed by atoms with Gasteiger partial charge in [-0.2, -0.15) is 10.5 Å². The van der Waals surface area contributed by atoms with Crippen molar-refractivity contribution in [1.29, 1.82) is 10.5 Å². The lowest BCUT2D eigenvalue weighted by Crippen LogP contribution is -2.23. The third kappa shape index (κ3) is 5.58. The molecule has 0 fully saturated rings. The lowest BCUT2D eigenvalue weighted by atomic mass is 9.97. The van der Waals surface area contributed by atoms with Gasteiger partial charge in [0, 0.05) is 38.6 Å². The van der Waals surface area contributed by atoms with E-state index in [2.05, 4.69) is 102 Å². The van der Waals surface area contributed by atoms with Crippen LogP contribution in [0.5, 0.6) is 0 Å². The summed E-state index contributed by atoms with van der Waals surface area (Å²) in [7, 11) is 0. The van der Waals surface area contributed by atoms with Crippen LogP contribution in [-0.2, 0) is 6.54 Å². The van der Waals surface area contributed by atoms with E-state index in [1.807, 2.05) is 102 Å². The van der Waals surface area contributed by atoms with Crippen LogP contribution >= 0.6 is 0 Å². The van der Waals surface area contributed by atoms with E-state index >= 15 is 0 Å². The molecule has 266 valence electrons. The van der Waals surface area contributed by atoms with Crippen molar-refractivity contribution < 1.29 is 4.79 Å². The van der Waals surface area contributed by atoms with Gasteiger partial charge in [0.05, 0.1) is 52.2 Å². The van der Waals surface area contributed by atoms with Crippen molar-refractivity contribution in [3.05, 3.63) is 204 Å². The second kappa shape index (κ2) is 13.7. The zero-order valence-corrected chi connectivity index (χ0v) is 30.7. The van der Waals surface area contributed by atoms with E-state index in [1.54, 1.807) is 0 Å². The molecular weight excluding hydrogens is 697 g/mol. The minimum atomic E-state index is -0.0445. The Morgan fingerprint density at radius 1 is 0.421 bits per heavy atom.